The second-order valence-electron chi connectivity index (χ2n) is 1.97. The fourth-order valence-corrected chi connectivity index (χ4v) is 0.609. The Morgan fingerprint density at radius 3 is 2.67 bits per heavy atom. The van der Waals surface area contributed by atoms with Crippen LogP contribution in [-0.2, 0) is 0 Å². The number of hydrogen-bond donors (Lipinski definition) is 2. The molecule has 1 rings (SSSR count). The van der Waals surface area contributed by atoms with Crippen molar-refractivity contribution in [1.82, 2.24) is 0 Å². The molecular weight excluding hydrogens is 118 g/mol. The molecule has 0 fully saturated rings. The Balaban J connectivity index is 2.85. The molecule has 0 aliphatic carbocycles. The quantitative estimate of drug-likeness (QED) is 0.541. The second kappa shape index (κ2) is 2.21. The van der Waals surface area contributed by atoms with Gasteiger partial charge in [-0.25, -0.2) is 0 Å². The van der Waals surface area contributed by atoms with E-state index in [2.05, 4.69) is 0 Å². The van der Waals surface area contributed by atoms with Gasteiger partial charge in [-0.05, 0) is 18.6 Å². The summed E-state index contributed by atoms with van der Waals surface area (Å²) in [4.78, 5) is 0. The zero-order chi connectivity index (χ0) is 6.85. The van der Waals surface area contributed by atoms with Crippen molar-refractivity contribution < 1.29 is 9.52 Å². The average molecular weight is 127 g/mol. The lowest BCUT2D eigenvalue weighted by Crippen LogP contribution is -2.06. The van der Waals surface area contributed by atoms with E-state index in [4.69, 9.17) is 15.3 Å². The summed E-state index contributed by atoms with van der Waals surface area (Å²) in [5.74, 6) is 0.410. The zero-order valence-corrected chi connectivity index (χ0v) is 5.16. The summed E-state index contributed by atoms with van der Waals surface area (Å²) in [5, 5.41) is 8.72. The predicted molar refractivity (Wildman–Crippen MR) is 32.6 cm³/mol. The molecule has 1 aromatic heterocycles. The topological polar surface area (TPSA) is 59.4 Å². The summed E-state index contributed by atoms with van der Waals surface area (Å²) in [6.45, 7) is 1.87. The molecule has 0 radical (unpaired) electrons. The van der Waals surface area contributed by atoms with Gasteiger partial charge in [0.1, 0.15) is 5.76 Å². The molecule has 9 heavy (non-hydrogen) atoms. The first-order valence-electron chi connectivity index (χ1n) is 2.69. The highest BCUT2D eigenvalue weighted by atomic mass is 16.4. The van der Waals surface area contributed by atoms with Crippen molar-refractivity contribution in [3.63, 3.8) is 0 Å². The summed E-state index contributed by atoms with van der Waals surface area (Å²) >= 11 is 0. The van der Waals surface area contributed by atoms with Gasteiger partial charge in [0, 0.05) is 0 Å². The van der Waals surface area contributed by atoms with Crippen molar-refractivity contribution >= 4 is 0 Å². The molecule has 3 heteroatoms. The SMILES string of the molecule is Cc1coc([C@H](N)O)c1. The number of aliphatic hydroxyl groups is 1. The van der Waals surface area contributed by atoms with Crippen LogP contribution >= 0.6 is 0 Å². The molecule has 0 bridgehead atoms. The first kappa shape index (κ1) is 6.32. The molecule has 0 amide bonds. The van der Waals surface area contributed by atoms with Crippen molar-refractivity contribution in [2.24, 2.45) is 5.73 Å². The Morgan fingerprint density at radius 2 is 2.44 bits per heavy atom. The van der Waals surface area contributed by atoms with Crippen molar-refractivity contribution in [3.8, 4) is 0 Å². The summed E-state index contributed by atoms with van der Waals surface area (Å²) in [6.07, 6.45) is 0.560. The fourth-order valence-electron chi connectivity index (χ4n) is 0.609. The van der Waals surface area contributed by atoms with Gasteiger partial charge in [-0.15, -0.1) is 0 Å². The van der Waals surface area contributed by atoms with Crippen LogP contribution in [0, 0.1) is 6.92 Å². The molecule has 0 aliphatic heterocycles. The zero-order valence-electron chi connectivity index (χ0n) is 5.16. The summed E-state index contributed by atoms with van der Waals surface area (Å²) < 4.78 is 4.85. The normalized spacial score (nSPS) is 13.7. The molecule has 1 atom stereocenters. The van der Waals surface area contributed by atoms with Gasteiger partial charge in [0.2, 0.25) is 0 Å². The number of rotatable bonds is 1. The molecule has 3 N–H and O–H groups in total. The summed E-state index contributed by atoms with van der Waals surface area (Å²) in [7, 11) is 0. The first-order chi connectivity index (χ1) is 4.20. The smallest absolute Gasteiger partial charge is 0.161 e. The first-order valence-corrected chi connectivity index (χ1v) is 2.69. The Morgan fingerprint density at radius 1 is 1.78 bits per heavy atom. The van der Waals surface area contributed by atoms with Gasteiger partial charge in [0.15, 0.2) is 6.23 Å². The maximum Gasteiger partial charge on any atom is 0.161 e. The number of aliphatic hydroxyl groups excluding tert-OH is 1. The van der Waals surface area contributed by atoms with Crippen LogP contribution in [0.2, 0.25) is 0 Å². The molecular formula is C6H9NO2. The van der Waals surface area contributed by atoms with Gasteiger partial charge >= 0.3 is 0 Å². The van der Waals surface area contributed by atoms with Gasteiger partial charge in [-0.3, -0.25) is 5.73 Å². The monoisotopic (exact) mass is 127 g/mol. The minimum absolute atomic E-state index is 0.410. The van der Waals surface area contributed by atoms with Crippen LogP contribution in [0.15, 0.2) is 16.7 Å². The average Bonchev–Trinajstić information content (AvgIpc) is 2.14. The molecule has 1 aromatic rings. The highest BCUT2D eigenvalue weighted by molar-refractivity contribution is 5.11. The van der Waals surface area contributed by atoms with Crippen molar-refractivity contribution in [2.45, 2.75) is 13.2 Å². The lowest BCUT2D eigenvalue weighted by Gasteiger charge is -1.95. The third kappa shape index (κ3) is 1.31. The highest BCUT2D eigenvalue weighted by Gasteiger charge is 2.03. The third-order valence-corrected chi connectivity index (χ3v) is 1.04. The maximum atomic E-state index is 8.72. The van der Waals surface area contributed by atoms with Crippen molar-refractivity contribution in [3.05, 3.63) is 23.7 Å². The molecule has 50 valence electrons. The fraction of sp³-hybridized carbons (Fsp3) is 0.333. The van der Waals surface area contributed by atoms with E-state index in [1.54, 1.807) is 12.3 Å². The number of furan rings is 1. The molecule has 0 aliphatic rings. The number of hydrogen-bond acceptors (Lipinski definition) is 3. The minimum Gasteiger partial charge on any atom is -0.465 e. The van der Waals surface area contributed by atoms with Gasteiger partial charge in [-0.1, -0.05) is 0 Å². The minimum atomic E-state index is -0.987. The maximum absolute atomic E-state index is 8.72. The summed E-state index contributed by atoms with van der Waals surface area (Å²) in [5.41, 5.74) is 6.06. The van der Waals surface area contributed by atoms with Crippen LogP contribution in [0.25, 0.3) is 0 Å². The van der Waals surface area contributed by atoms with Crippen LogP contribution in [0.5, 0.6) is 0 Å². The second-order valence-corrected chi connectivity index (χ2v) is 1.97. The predicted octanol–water partition coefficient (Wildman–Crippen LogP) is 0.538. The van der Waals surface area contributed by atoms with Crippen molar-refractivity contribution in [2.75, 3.05) is 0 Å². The van der Waals surface area contributed by atoms with Crippen LogP contribution in [0.3, 0.4) is 0 Å². The molecule has 0 aromatic carbocycles. The molecule has 1 heterocycles. The van der Waals surface area contributed by atoms with E-state index < -0.39 is 6.23 Å². The molecule has 0 unspecified atom stereocenters. The van der Waals surface area contributed by atoms with Crippen LogP contribution in [0.4, 0.5) is 0 Å². The van der Waals surface area contributed by atoms with Crippen molar-refractivity contribution in [1.29, 1.82) is 0 Å². The third-order valence-electron chi connectivity index (χ3n) is 1.04. The molecule has 3 nitrogen and oxygen atoms in total. The van der Waals surface area contributed by atoms with Gasteiger partial charge in [0.05, 0.1) is 6.26 Å². The molecule has 0 spiro atoms. The lowest BCUT2D eigenvalue weighted by molar-refractivity contribution is 0.157. The van der Waals surface area contributed by atoms with E-state index in [0.29, 0.717) is 5.76 Å². The standard InChI is InChI=1S/C6H9NO2/c1-4-2-5(6(7)8)9-3-4/h2-3,6,8H,7H2,1H3/t6-/m1/s1. The van der Waals surface area contributed by atoms with E-state index in [0.717, 1.165) is 5.56 Å². The highest BCUT2D eigenvalue weighted by Crippen LogP contribution is 2.10. The van der Waals surface area contributed by atoms with Crippen LogP contribution in [-0.4, -0.2) is 5.11 Å². The van der Waals surface area contributed by atoms with E-state index in [-0.39, 0.29) is 0 Å². The van der Waals surface area contributed by atoms with Crippen LogP contribution < -0.4 is 5.73 Å². The van der Waals surface area contributed by atoms with E-state index in [1.165, 1.54) is 0 Å². The van der Waals surface area contributed by atoms with Gasteiger partial charge < -0.3 is 9.52 Å². The van der Waals surface area contributed by atoms with E-state index >= 15 is 0 Å². The Bertz CT molecular complexity index is 193. The van der Waals surface area contributed by atoms with E-state index in [1.807, 2.05) is 6.92 Å². The number of aryl methyl sites for hydroxylation is 1. The Hall–Kier alpha value is -0.800. The summed E-state index contributed by atoms with van der Waals surface area (Å²) in [6, 6.07) is 1.70. The molecule has 0 saturated carbocycles. The lowest BCUT2D eigenvalue weighted by atomic mass is 10.3. The van der Waals surface area contributed by atoms with E-state index in [9.17, 15) is 0 Å². The largest absolute Gasteiger partial charge is 0.465 e. The Kier molecular flexibility index (Phi) is 1.55. The van der Waals surface area contributed by atoms with Crippen LogP contribution in [0.1, 0.15) is 17.6 Å². The molecule has 0 saturated heterocycles. The number of nitrogens with two attached hydrogens (primary N) is 1. The van der Waals surface area contributed by atoms with Gasteiger partial charge in [0.25, 0.3) is 0 Å². The Labute approximate surface area is 53.1 Å². The van der Waals surface area contributed by atoms with Gasteiger partial charge in [-0.2, -0.15) is 0 Å².